The molecule has 0 aliphatic rings. The predicted molar refractivity (Wildman–Crippen MR) is 80.9 cm³/mol. The fraction of sp³-hybridized carbons (Fsp3) is 0.0769. The van der Waals surface area contributed by atoms with Crippen molar-refractivity contribution in [1.82, 2.24) is 9.97 Å². The van der Waals surface area contributed by atoms with Crippen molar-refractivity contribution in [2.75, 3.05) is 4.72 Å². The highest BCUT2D eigenvalue weighted by Gasteiger charge is 2.35. The molecule has 0 bridgehead atoms. The number of thiazole rings is 1. The Bertz CT molecular complexity index is 1110. The molecule has 6 nitrogen and oxygen atoms in total. The van der Waals surface area contributed by atoms with Gasteiger partial charge in [-0.1, -0.05) is 0 Å². The highest BCUT2D eigenvalue weighted by molar-refractivity contribution is 7.94. The predicted octanol–water partition coefficient (Wildman–Crippen LogP) is 3.45. The molecule has 1 aromatic carbocycles. The summed E-state index contributed by atoms with van der Waals surface area (Å²) in [6.07, 6.45) is -3.52. The molecule has 0 saturated carbocycles. The first-order chi connectivity index (χ1) is 11.6. The van der Waals surface area contributed by atoms with Crippen LogP contribution in [0.15, 0.2) is 28.0 Å². The molecule has 3 rings (SSSR count). The van der Waals surface area contributed by atoms with Gasteiger partial charge in [-0.05, 0) is 6.07 Å². The molecule has 0 aliphatic carbocycles. The number of aromatic amines is 1. The van der Waals surface area contributed by atoms with Crippen molar-refractivity contribution in [2.45, 2.75) is 10.5 Å². The van der Waals surface area contributed by atoms with Gasteiger partial charge in [0.1, 0.15) is 11.9 Å². The molecule has 2 heterocycles. The highest BCUT2D eigenvalue weighted by Crippen LogP contribution is 2.33. The monoisotopic (exact) mass is 390 g/mol. The number of fused-ring (bicyclic) bond motifs is 1. The highest BCUT2D eigenvalue weighted by atomic mass is 32.2. The van der Waals surface area contributed by atoms with Crippen LogP contribution in [0.3, 0.4) is 0 Å². The van der Waals surface area contributed by atoms with E-state index in [1.54, 1.807) is 0 Å². The van der Waals surface area contributed by atoms with Gasteiger partial charge in [0.15, 0.2) is 5.69 Å². The van der Waals surface area contributed by atoms with E-state index in [0.717, 1.165) is 12.1 Å². The van der Waals surface area contributed by atoms with Gasteiger partial charge < -0.3 is 4.98 Å². The Kier molecular flexibility index (Phi) is 3.92. The molecule has 2 aromatic heterocycles. The molecule has 0 spiro atoms. The molecule has 25 heavy (non-hydrogen) atoms. The SMILES string of the molecule is N#Cc1c[nH]c2c(NS(=O)(=O)c3nc(C(F)(F)F)cs3)cc(F)cc12. The van der Waals surface area contributed by atoms with E-state index in [1.165, 1.54) is 6.20 Å². The second kappa shape index (κ2) is 5.71. The summed E-state index contributed by atoms with van der Waals surface area (Å²) in [6, 6.07) is 3.69. The minimum absolute atomic E-state index is 0.0866. The number of anilines is 1. The molecule has 0 atom stereocenters. The van der Waals surface area contributed by atoms with Gasteiger partial charge in [0.25, 0.3) is 10.0 Å². The number of rotatable bonds is 3. The fourth-order valence-corrected chi connectivity index (χ4v) is 4.15. The number of hydrogen-bond donors (Lipinski definition) is 2. The molecule has 0 radical (unpaired) electrons. The Morgan fingerprint density at radius 1 is 1.32 bits per heavy atom. The topological polar surface area (TPSA) is 98.6 Å². The number of aromatic nitrogens is 2. The number of alkyl halides is 3. The van der Waals surface area contributed by atoms with E-state index in [2.05, 4.69) is 9.97 Å². The third-order valence-corrected chi connectivity index (χ3v) is 5.74. The van der Waals surface area contributed by atoms with Crippen molar-refractivity contribution in [3.05, 3.63) is 40.8 Å². The van der Waals surface area contributed by atoms with Gasteiger partial charge in [0.05, 0.1) is 16.8 Å². The van der Waals surface area contributed by atoms with E-state index in [4.69, 9.17) is 5.26 Å². The average Bonchev–Trinajstić information content (AvgIpc) is 3.13. The number of nitriles is 1. The summed E-state index contributed by atoms with van der Waals surface area (Å²) in [5.41, 5.74) is -1.38. The van der Waals surface area contributed by atoms with Gasteiger partial charge in [-0.15, -0.1) is 11.3 Å². The zero-order valence-electron chi connectivity index (χ0n) is 11.8. The largest absolute Gasteiger partial charge is 0.434 e. The molecular formula is C13H6F4N4O2S2. The van der Waals surface area contributed by atoms with Gasteiger partial charge in [-0.2, -0.15) is 26.9 Å². The van der Waals surface area contributed by atoms with Crippen LogP contribution in [0.2, 0.25) is 0 Å². The summed E-state index contributed by atoms with van der Waals surface area (Å²) >= 11 is 0.284. The molecule has 2 N–H and O–H groups in total. The van der Waals surface area contributed by atoms with Gasteiger partial charge in [-0.25, -0.2) is 9.37 Å². The van der Waals surface area contributed by atoms with Crippen LogP contribution in [0, 0.1) is 17.1 Å². The lowest BCUT2D eigenvalue weighted by Gasteiger charge is -2.07. The molecule has 0 unspecified atom stereocenters. The molecule has 0 fully saturated rings. The Morgan fingerprint density at radius 3 is 2.64 bits per heavy atom. The number of benzene rings is 1. The van der Waals surface area contributed by atoms with Crippen molar-refractivity contribution in [3.63, 3.8) is 0 Å². The Hall–Kier alpha value is -2.65. The zero-order valence-corrected chi connectivity index (χ0v) is 13.5. The van der Waals surface area contributed by atoms with E-state index < -0.39 is 32.1 Å². The van der Waals surface area contributed by atoms with Crippen LogP contribution in [0.1, 0.15) is 11.3 Å². The Labute approximate surface area is 141 Å². The van der Waals surface area contributed by atoms with E-state index in [-0.39, 0.29) is 33.5 Å². The number of nitrogens with one attached hydrogen (secondary N) is 2. The van der Waals surface area contributed by atoms with Crippen LogP contribution < -0.4 is 4.72 Å². The fourth-order valence-electron chi connectivity index (χ4n) is 2.07. The maximum absolute atomic E-state index is 13.7. The van der Waals surface area contributed by atoms with Crippen LogP contribution in [0.5, 0.6) is 0 Å². The lowest BCUT2D eigenvalue weighted by molar-refractivity contribution is -0.141. The van der Waals surface area contributed by atoms with E-state index >= 15 is 0 Å². The summed E-state index contributed by atoms with van der Waals surface area (Å²) in [5, 5.41) is 9.65. The number of nitrogens with zero attached hydrogens (tertiary/aromatic N) is 2. The van der Waals surface area contributed by atoms with Gasteiger partial charge in [0.2, 0.25) is 4.34 Å². The van der Waals surface area contributed by atoms with Crippen molar-refractivity contribution in [3.8, 4) is 6.07 Å². The summed E-state index contributed by atoms with van der Waals surface area (Å²) in [7, 11) is -4.47. The summed E-state index contributed by atoms with van der Waals surface area (Å²) < 4.78 is 77.1. The van der Waals surface area contributed by atoms with Crippen molar-refractivity contribution >= 4 is 38.0 Å². The lowest BCUT2D eigenvalue weighted by atomic mass is 10.1. The molecule has 0 aliphatic heterocycles. The van der Waals surface area contributed by atoms with E-state index in [9.17, 15) is 26.0 Å². The molecule has 3 aromatic rings. The number of H-pyrrole nitrogens is 1. The van der Waals surface area contributed by atoms with Crippen molar-refractivity contribution in [2.24, 2.45) is 0 Å². The van der Waals surface area contributed by atoms with E-state index in [1.807, 2.05) is 10.8 Å². The average molecular weight is 390 g/mol. The van der Waals surface area contributed by atoms with Crippen LogP contribution in [0.4, 0.5) is 23.2 Å². The summed E-state index contributed by atoms with van der Waals surface area (Å²) in [6.45, 7) is 0. The smallest absolute Gasteiger partial charge is 0.358 e. The first-order valence-electron chi connectivity index (χ1n) is 6.38. The first kappa shape index (κ1) is 17.2. The van der Waals surface area contributed by atoms with Crippen LogP contribution in [0.25, 0.3) is 10.9 Å². The number of halogens is 4. The molecular weight excluding hydrogens is 384 g/mol. The maximum Gasteiger partial charge on any atom is 0.434 e. The summed E-state index contributed by atoms with van der Waals surface area (Å²) in [5.74, 6) is -0.823. The van der Waals surface area contributed by atoms with Crippen LogP contribution in [-0.2, 0) is 16.2 Å². The van der Waals surface area contributed by atoms with Crippen LogP contribution in [-0.4, -0.2) is 18.4 Å². The minimum Gasteiger partial charge on any atom is -0.358 e. The van der Waals surface area contributed by atoms with Crippen molar-refractivity contribution in [1.29, 1.82) is 5.26 Å². The second-order valence-electron chi connectivity index (χ2n) is 4.79. The quantitative estimate of drug-likeness (QED) is 0.669. The Morgan fingerprint density at radius 2 is 2.04 bits per heavy atom. The lowest BCUT2D eigenvalue weighted by Crippen LogP contribution is -2.14. The normalized spacial score (nSPS) is 12.3. The molecule has 0 saturated heterocycles. The Balaban J connectivity index is 2.05. The second-order valence-corrected chi connectivity index (χ2v) is 7.51. The van der Waals surface area contributed by atoms with E-state index in [0.29, 0.717) is 5.38 Å². The summed E-state index contributed by atoms with van der Waals surface area (Å²) in [4.78, 5) is 5.69. The van der Waals surface area contributed by atoms with Gasteiger partial charge >= 0.3 is 6.18 Å². The van der Waals surface area contributed by atoms with Crippen LogP contribution >= 0.6 is 11.3 Å². The molecule has 0 amide bonds. The molecule has 130 valence electrons. The molecule has 12 heteroatoms. The third kappa shape index (κ3) is 3.15. The number of hydrogen-bond acceptors (Lipinski definition) is 5. The third-order valence-electron chi connectivity index (χ3n) is 3.12. The maximum atomic E-state index is 13.7. The standard InChI is InChI=1S/C13H6F4N4O2S2/c14-7-1-8-6(3-18)4-19-11(8)9(2-7)21-25(22,23)12-20-10(5-24-12)13(15,16)17/h1-2,4-5,19,21H. The van der Waals surface area contributed by atoms with Gasteiger partial charge in [-0.3, -0.25) is 4.72 Å². The van der Waals surface area contributed by atoms with Crippen molar-refractivity contribution < 1.29 is 26.0 Å². The number of sulfonamides is 1. The minimum atomic E-state index is -4.78. The first-order valence-corrected chi connectivity index (χ1v) is 8.74. The van der Waals surface area contributed by atoms with Gasteiger partial charge in [0, 0.05) is 23.0 Å². The zero-order chi connectivity index (χ0) is 18.4.